The molecule has 1 unspecified atom stereocenters. The Balaban J connectivity index is 2.19. The normalized spacial score (nSPS) is 12.7. The van der Waals surface area contributed by atoms with Gasteiger partial charge in [0.25, 0.3) is 0 Å². The maximum atomic E-state index is 13.4. The average Bonchev–Trinajstić information content (AvgIpc) is 2.68. The van der Waals surface area contributed by atoms with Gasteiger partial charge in [-0.1, -0.05) is 6.07 Å². The molecule has 0 fully saturated rings. The van der Waals surface area contributed by atoms with Gasteiger partial charge < -0.3 is 5.11 Å². The Morgan fingerprint density at radius 2 is 2.06 bits per heavy atom. The molecule has 0 aliphatic rings. The summed E-state index contributed by atoms with van der Waals surface area (Å²) < 4.78 is 26.1. The summed E-state index contributed by atoms with van der Waals surface area (Å²) in [5.41, 5.74) is 1.13. The lowest BCUT2D eigenvalue weighted by molar-refractivity contribution is 0.177. The molecule has 4 heteroatoms. The third kappa shape index (κ3) is 2.70. The van der Waals surface area contributed by atoms with Crippen LogP contribution in [0.25, 0.3) is 0 Å². The van der Waals surface area contributed by atoms with Crippen LogP contribution >= 0.6 is 11.3 Å². The lowest BCUT2D eigenvalue weighted by Gasteiger charge is -2.11. The number of aryl methyl sites for hydroxylation is 1. The molecule has 0 saturated heterocycles. The van der Waals surface area contributed by atoms with Crippen LogP contribution in [0.3, 0.4) is 0 Å². The fourth-order valence-electron chi connectivity index (χ4n) is 1.75. The quantitative estimate of drug-likeness (QED) is 0.887. The molecule has 0 saturated carbocycles. The van der Waals surface area contributed by atoms with Crippen LogP contribution in [0.4, 0.5) is 8.78 Å². The predicted molar refractivity (Wildman–Crippen MR) is 64.1 cm³/mol. The van der Waals surface area contributed by atoms with Crippen LogP contribution in [0.2, 0.25) is 0 Å². The Bertz CT molecular complexity index is 522. The van der Waals surface area contributed by atoms with Crippen molar-refractivity contribution < 1.29 is 13.9 Å². The zero-order valence-corrected chi connectivity index (χ0v) is 10.1. The SMILES string of the molecule is Cc1sccc1C(O)Cc1ccc(F)cc1F. The molecule has 1 atom stereocenters. The Morgan fingerprint density at radius 1 is 1.29 bits per heavy atom. The van der Waals surface area contributed by atoms with E-state index in [0.29, 0.717) is 5.56 Å². The summed E-state index contributed by atoms with van der Waals surface area (Å²) in [5, 5.41) is 11.9. The first-order valence-corrected chi connectivity index (χ1v) is 6.12. The molecule has 1 nitrogen and oxygen atoms in total. The van der Waals surface area contributed by atoms with Crippen LogP contribution in [-0.2, 0) is 6.42 Å². The first kappa shape index (κ1) is 12.2. The molecule has 0 radical (unpaired) electrons. The van der Waals surface area contributed by atoms with E-state index in [-0.39, 0.29) is 6.42 Å². The summed E-state index contributed by atoms with van der Waals surface area (Å²) in [5.74, 6) is -1.22. The molecule has 0 aliphatic carbocycles. The Morgan fingerprint density at radius 3 is 2.65 bits per heavy atom. The summed E-state index contributed by atoms with van der Waals surface area (Å²) >= 11 is 1.54. The summed E-state index contributed by atoms with van der Waals surface area (Å²) in [6, 6.07) is 5.23. The second-order valence-corrected chi connectivity index (χ2v) is 5.01. The third-order valence-electron chi connectivity index (χ3n) is 2.69. The number of aliphatic hydroxyl groups excluding tert-OH is 1. The number of hydrogen-bond donors (Lipinski definition) is 1. The lowest BCUT2D eigenvalue weighted by Crippen LogP contribution is -2.04. The van der Waals surface area contributed by atoms with Crippen molar-refractivity contribution in [3.63, 3.8) is 0 Å². The van der Waals surface area contributed by atoms with Gasteiger partial charge in [0.15, 0.2) is 0 Å². The minimum absolute atomic E-state index is 0.156. The zero-order valence-electron chi connectivity index (χ0n) is 9.28. The van der Waals surface area contributed by atoms with E-state index in [2.05, 4.69) is 0 Å². The molecule has 17 heavy (non-hydrogen) atoms. The van der Waals surface area contributed by atoms with Gasteiger partial charge in [0.2, 0.25) is 0 Å². The van der Waals surface area contributed by atoms with Gasteiger partial charge in [-0.15, -0.1) is 11.3 Å². The van der Waals surface area contributed by atoms with E-state index in [4.69, 9.17) is 0 Å². The highest BCUT2D eigenvalue weighted by atomic mass is 32.1. The molecule has 2 rings (SSSR count). The van der Waals surface area contributed by atoms with Gasteiger partial charge in [-0.2, -0.15) is 0 Å². The van der Waals surface area contributed by atoms with Gasteiger partial charge in [-0.05, 0) is 35.6 Å². The van der Waals surface area contributed by atoms with Crippen molar-refractivity contribution in [2.24, 2.45) is 0 Å². The van der Waals surface area contributed by atoms with E-state index >= 15 is 0 Å². The van der Waals surface area contributed by atoms with Gasteiger partial charge >= 0.3 is 0 Å². The Labute approximate surface area is 102 Å². The molecule has 1 aromatic carbocycles. The molecule has 0 aliphatic heterocycles. The molecule has 0 amide bonds. The van der Waals surface area contributed by atoms with Crippen molar-refractivity contribution in [2.75, 3.05) is 0 Å². The standard InChI is InChI=1S/C13H12F2OS/c1-8-11(4-5-17-8)13(16)6-9-2-3-10(14)7-12(9)15/h2-5,7,13,16H,6H2,1H3. The van der Waals surface area contributed by atoms with Gasteiger partial charge in [0.05, 0.1) is 6.10 Å². The van der Waals surface area contributed by atoms with Crippen molar-refractivity contribution in [2.45, 2.75) is 19.4 Å². The summed E-state index contributed by atoms with van der Waals surface area (Å²) in [6.07, 6.45) is -0.592. The van der Waals surface area contributed by atoms with Crippen molar-refractivity contribution in [1.82, 2.24) is 0 Å². The molecule has 1 N–H and O–H groups in total. The van der Waals surface area contributed by atoms with Gasteiger partial charge in [-0.3, -0.25) is 0 Å². The van der Waals surface area contributed by atoms with Crippen LogP contribution in [0.1, 0.15) is 22.1 Å². The van der Waals surface area contributed by atoms with Crippen LogP contribution < -0.4 is 0 Å². The molecular formula is C13H12F2OS. The minimum Gasteiger partial charge on any atom is -0.388 e. The number of thiophene rings is 1. The summed E-state index contributed by atoms with van der Waals surface area (Å²) in [7, 11) is 0. The van der Waals surface area contributed by atoms with E-state index < -0.39 is 17.7 Å². The predicted octanol–water partition coefficient (Wildman–Crippen LogP) is 3.61. The first-order valence-electron chi connectivity index (χ1n) is 5.24. The topological polar surface area (TPSA) is 20.2 Å². The number of rotatable bonds is 3. The second-order valence-electron chi connectivity index (χ2n) is 3.89. The molecular weight excluding hydrogens is 242 g/mol. The number of aliphatic hydroxyl groups is 1. The van der Waals surface area contributed by atoms with Crippen molar-refractivity contribution >= 4 is 11.3 Å². The second kappa shape index (κ2) is 4.94. The summed E-state index contributed by atoms with van der Waals surface area (Å²) in [6.45, 7) is 1.91. The molecule has 1 aromatic heterocycles. The third-order valence-corrected chi connectivity index (χ3v) is 3.55. The van der Waals surface area contributed by atoms with Crippen LogP contribution in [0.15, 0.2) is 29.6 Å². The van der Waals surface area contributed by atoms with E-state index in [9.17, 15) is 13.9 Å². The molecule has 1 heterocycles. The molecule has 0 bridgehead atoms. The molecule has 0 spiro atoms. The fourth-order valence-corrected chi connectivity index (χ4v) is 2.50. The fraction of sp³-hybridized carbons (Fsp3) is 0.231. The maximum Gasteiger partial charge on any atom is 0.129 e. The van der Waals surface area contributed by atoms with E-state index in [1.54, 1.807) is 0 Å². The van der Waals surface area contributed by atoms with Crippen molar-refractivity contribution in [3.05, 3.63) is 57.3 Å². The van der Waals surface area contributed by atoms with E-state index in [1.807, 2.05) is 18.4 Å². The number of hydrogen-bond acceptors (Lipinski definition) is 2. The Hall–Kier alpha value is -1.26. The minimum atomic E-state index is -0.749. The van der Waals surface area contributed by atoms with Gasteiger partial charge in [-0.25, -0.2) is 8.78 Å². The van der Waals surface area contributed by atoms with Gasteiger partial charge in [0, 0.05) is 17.4 Å². The highest BCUT2D eigenvalue weighted by Gasteiger charge is 2.14. The van der Waals surface area contributed by atoms with Gasteiger partial charge in [0.1, 0.15) is 11.6 Å². The monoisotopic (exact) mass is 254 g/mol. The van der Waals surface area contributed by atoms with E-state index in [1.165, 1.54) is 23.5 Å². The van der Waals surface area contributed by atoms with Crippen LogP contribution in [-0.4, -0.2) is 5.11 Å². The van der Waals surface area contributed by atoms with Crippen molar-refractivity contribution in [1.29, 1.82) is 0 Å². The zero-order chi connectivity index (χ0) is 12.4. The summed E-state index contributed by atoms with van der Waals surface area (Å²) in [4.78, 5) is 1.01. The average molecular weight is 254 g/mol. The maximum absolute atomic E-state index is 13.4. The van der Waals surface area contributed by atoms with Crippen LogP contribution in [0.5, 0.6) is 0 Å². The lowest BCUT2D eigenvalue weighted by atomic mass is 10.0. The number of benzene rings is 1. The largest absolute Gasteiger partial charge is 0.388 e. The van der Waals surface area contributed by atoms with E-state index in [0.717, 1.165) is 16.5 Å². The highest BCUT2D eigenvalue weighted by molar-refractivity contribution is 7.10. The van der Waals surface area contributed by atoms with Crippen molar-refractivity contribution in [3.8, 4) is 0 Å². The smallest absolute Gasteiger partial charge is 0.129 e. The Kier molecular flexibility index (Phi) is 3.54. The highest BCUT2D eigenvalue weighted by Crippen LogP contribution is 2.26. The van der Waals surface area contributed by atoms with Crippen LogP contribution in [0, 0.1) is 18.6 Å². The molecule has 90 valence electrons. The first-order chi connectivity index (χ1) is 8.08. The number of halogens is 2. The molecule has 2 aromatic rings.